The van der Waals surface area contributed by atoms with E-state index in [1.165, 1.54) is 92.1 Å². The second-order valence-electron chi connectivity index (χ2n) is 14.8. The van der Waals surface area contributed by atoms with E-state index in [2.05, 4.69) is 205 Å². The van der Waals surface area contributed by atoms with Gasteiger partial charge in [-0.3, -0.25) is 0 Å². The van der Waals surface area contributed by atoms with Gasteiger partial charge < -0.3 is 4.90 Å². The molecule has 0 radical (unpaired) electrons. The number of para-hydroxylation sites is 2. The van der Waals surface area contributed by atoms with E-state index in [4.69, 9.17) is 0 Å². The van der Waals surface area contributed by atoms with Gasteiger partial charge in [0.25, 0.3) is 0 Å². The molecule has 0 fully saturated rings. The Balaban J connectivity index is 1.13. The topological polar surface area (TPSA) is 3.24 Å². The van der Waals surface area contributed by atoms with Gasteiger partial charge in [-0.05, 0) is 131 Å². The summed E-state index contributed by atoms with van der Waals surface area (Å²) in [6, 6.07) is 74.1. The molecule has 0 aliphatic carbocycles. The summed E-state index contributed by atoms with van der Waals surface area (Å²) in [5, 5.41) is 0. The van der Waals surface area contributed by atoms with Gasteiger partial charge >= 0.3 is 0 Å². The van der Waals surface area contributed by atoms with Crippen molar-refractivity contribution in [3.05, 3.63) is 200 Å². The summed E-state index contributed by atoms with van der Waals surface area (Å²) in [4.78, 5) is 18.1. The van der Waals surface area contributed by atoms with Crippen molar-refractivity contribution < 1.29 is 0 Å². The minimum atomic E-state index is 1.11. The summed E-state index contributed by atoms with van der Waals surface area (Å²) >= 11 is 11.2. The highest BCUT2D eigenvalue weighted by Gasteiger charge is 2.28. The fourth-order valence-electron chi connectivity index (χ4n) is 8.25. The Hall–Kier alpha value is -5.12. The molecule has 9 aromatic rings. The van der Waals surface area contributed by atoms with Gasteiger partial charge in [0.1, 0.15) is 0 Å². The van der Waals surface area contributed by atoms with Crippen molar-refractivity contribution in [3.63, 3.8) is 0 Å². The molecule has 290 valence electrons. The lowest BCUT2D eigenvalue weighted by Crippen LogP contribution is -2.12. The molecule has 3 aliphatic heterocycles. The third-order valence-corrected chi connectivity index (χ3v) is 18.7. The average Bonchev–Trinajstić information content (AvgIpc) is 3.32. The van der Waals surface area contributed by atoms with Crippen molar-refractivity contribution in [2.45, 2.75) is 58.7 Å². The summed E-state index contributed by atoms with van der Waals surface area (Å²) in [5.74, 6) is 0. The van der Waals surface area contributed by atoms with Gasteiger partial charge in [0.15, 0.2) is 0 Å². The van der Waals surface area contributed by atoms with E-state index in [1.54, 1.807) is 0 Å². The first-order valence-corrected chi connectivity index (χ1v) is 24.9. The summed E-state index contributed by atoms with van der Waals surface area (Å²) in [6.45, 7) is 0. The maximum atomic E-state index is 2.45. The number of hydrogen-bond donors (Lipinski definition) is 0. The summed E-state index contributed by atoms with van der Waals surface area (Å²) in [5.41, 5.74) is 10.6. The van der Waals surface area contributed by atoms with Crippen LogP contribution in [0.3, 0.4) is 0 Å². The van der Waals surface area contributed by atoms with Crippen molar-refractivity contribution in [1.82, 2.24) is 0 Å². The van der Waals surface area contributed by atoms with E-state index < -0.39 is 0 Å². The van der Waals surface area contributed by atoms with Crippen molar-refractivity contribution in [2.24, 2.45) is 0 Å². The van der Waals surface area contributed by atoms with Gasteiger partial charge in [-0.15, -0.1) is 0 Å². The zero-order chi connectivity index (χ0) is 40.3. The quantitative estimate of drug-likeness (QED) is 0.162. The normalized spacial score (nSPS) is 13.2. The molecule has 0 bridgehead atoms. The van der Waals surface area contributed by atoms with E-state index in [-0.39, 0.29) is 0 Å². The predicted molar refractivity (Wildman–Crippen MR) is 261 cm³/mol. The van der Waals surface area contributed by atoms with Crippen molar-refractivity contribution in [2.75, 3.05) is 4.90 Å². The molecule has 0 amide bonds. The number of fused-ring (bicyclic) bond motifs is 6. The maximum Gasteiger partial charge on any atom is 0.0546 e. The van der Waals surface area contributed by atoms with Crippen LogP contribution in [0.15, 0.2) is 259 Å². The molecule has 0 N–H and O–H groups in total. The standard InChI is InChI=1S/C54H33NS6/c1-3-13-37(14-4-1)55(38-15-5-2-6-16-38)40-27-26-39(34-23-28-47-50(31-34)59-44-20-10-7-17-41(44)56-47)53(35-24-29-48-51(32-35)60-45-21-11-8-18-42(45)57-48)54(40)36-25-30-49-52(33-36)61-46-22-12-9-19-43(46)58-49/h1-33H. The Morgan fingerprint density at radius 2 is 0.574 bits per heavy atom. The summed E-state index contributed by atoms with van der Waals surface area (Å²) in [7, 11) is 0. The Labute approximate surface area is 381 Å². The van der Waals surface area contributed by atoms with Crippen molar-refractivity contribution in [3.8, 4) is 33.4 Å². The van der Waals surface area contributed by atoms with Crippen LogP contribution < -0.4 is 4.90 Å². The first-order valence-electron chi connectivity index (χ1n) is 20.0. The number of anilines is 3. The van der Waals surface area contributed by atoms with Crippen LogP contribution in [0.1, 0.15) is 0 Å². The van der Waals surface area contributed by atoms with Gasteiger partial charge in [0.2, 0.25) is 0 Å². The van der Waals surface area contributed by atoms with Crippen molar-refractivity contribution in [1.29, 1.82) is 0 Å². The van der Waals surface area contributed by atoms with Crippen LogP contribution in [0.4, 0.5) is 17.1 Å². The second kappa shape index (κ2) is 16.0. The molecular formula is C54H33NS6. The van der Waals surface area contributed by atoms with E-state index >= 15 is 0 Å². The maximum absolute atomic E-state index is 2.45. The number of benzene rings is 9. The van der Waals surface area contributed by atoms with Crippen LogP contribution in [0, 0.1) is 0 Å². The van der Waals surface area contributed by atoms with Gasteiger partial charge in [0, 0.05) is 75.7 Å². The Morgan fingerprint density at radius 3 is 1.00 bits per heavy atom. The summed E-state index contributed by atoms with van der Waals surface area (Å²) in [6.07, 6.45) is 0. The molecule has 0 saturated heterocycles. The molecule has 61 heavy (non-hydrogen) atoms. The number of nitrogens with zero attached hydrogens (tertiary/aromatic N) is 1. The van der Waals surface area contributed by atoms with E-state index in [0.29, 0.717) is 0 Å². The molecule has 12 rings (SSSR count). The molecule has 0 unspecified atom stereocenters. The largest absolute Gasteiger partial charge is 0.310 e. The van der Waals surface area contributed by atoms with Gasteiger partial charge in [0.05, 0.1) is 5.69 Å². The molecule has 0 spiro atoms. The molecule has 3 heterocycles. The molecule has 0 aromatic heterocycles. The smallest absolute Gasteiger partial charge is 0.0546 e. The Kier molecular flexibility index (Phi) is 9.85. The third kappa shape index (κ3) is 7.02. The molecule has 7 heteroatoms. The summed E-state index contributed by atoms with van der Waals surface area (Å²) < 4.78 is 0. The monoisotopic (exact) mass is 887 g/mol. The fraction of sp³-hybridized carbons (Fsp3) is 0. The molecule has 0 atom stereocenters. The molecule has 0 saturated carbocycles. The van der Waals surface area contributed by atoms with E-state index in [0.717, 1.165) is 17.1 Å². The van der Waals surface area contributed by atoms with Crippen LogP contribution in [0.25, 0.3) is 33.4 Å². The van der Waals surface area contributed by atoms with Crippen LogP contribution in [0.2, 0.25) is 0 Å². The lowest BCUT2D eigenvalue weighted by atomic mass is 9.86. The zero-order valence-electron chi connectivity index (χ0n) is 32.4. The van der Waals surface area contributed by atoms with Crippen LogP contribution >= 0.6 is 70.6 Å². The minimum Gasteiger partial charge on any atom is -0.310 e. The van der Waals surface area contributed by atoms with Gasteiger partial charge in [-0.1, -0.05) is 168 Å². The number of rotatable bonds is 6. The van der Waals surface area contributed by atoms with Crippen LogP contribution in [0.5, 0.6) is 0 Å². The van der Waals surface area contributed by atoms with Crippen LogP contribution in [-0.4, -0.2) is 0 Å². The third-order valence-electron chi connectivity index (χ3n) is 11.0. The van der Waals surface area contributed by atoms with Crippen LogP contribution in [-0.2, 0) is 0 Å². The highest BCUT2D eigenvalue weighted by atomic mass is 32.2. The van der Waals surface area contributed by atoms with Gasteiger partial charge in [-0.25, -0.2) is 0 Å². The lowest BCUT2D eigenvalue weighted by molar-refractivity contribution is 1.15. The van der Waals surface area contributed by atoms with E-state index in [1.807, 2.05) is 70.6 Å². The molecular weight excluding hydrogens is 855 g/mol. The first kappa shape index (κ1) is 37.6. The predicted octanol–water partition coefficient (Wildman–Crippen LogP) is 18.0. The molecule has 1 nitrogen and oxygen atoms in total. The molecule has 9 aromatic carbocycles. The Bertz CT molecular complexity index is 3130. The number of hydrogen-bond acceptors (Lipinski definition) is 7. The van der Waals surface area contributed by atoms with Crippen molar-refractivity contribution >= 4 is 87.6 Å². The Morgan fingerprint density at radius 1 is 0.246 bits per heavy atom. The SMILES string of the molecule is c1ccc(N(c2ccccc2)c2ccc(-c3ccc4c(c3)Sc3ccccc3S4)c(-c3ccc4c(c3)Sc3ccccc3S4)c2-c2ccc3c(c2)Sc2ccccc2S3)cc1. The molecule has 3 aliphatic rings. The minimum absolute atomic E-state index is 1.11. The van der Waals surface area contributed by atoms with Gasteiger partial charge in [-0.2, -0.15) is 0 Å². The average molecular weight is 888 g/mol. The highest BCUT2D eigenvalue weighted by Crippen LogP contribution is 2.56. The first-order chi connectivity index (χ1) is 30.2. The second-order valence-corrected chi connectivity index (χ2v) is 21.3. The fourth-order valence-corrected chi connectivity index (χ4v) is 15.0. The van der Waals surface area contributed by atoms with E-state index in [9.17, 15) is 0 Å². The lowest BCUT2D eigenvalue weighted by Gasteiger charge is -2.31. The zero-order valence-corrected chi connectivity index (χ0v) is 37.3. The highest BCUT2D eigenvalue weighted by molar-refractivity contribution is 8.06.